The minimum absolute atomic E-state index is 0.0379. The van der Waals surface area contributed by atoms with Crippen LogP contribution >= 0.6 is 0 Å². The molecule has 164 valence electrons. The van der Waals surface area contributed by atoms with Crippen molar-refractivity contribution in [2.45, 2.75) is 56.4 Å². The van der Waals surface area contributed by atoms with Gasteiger partial charge in [-0.3, -0.25) is 9.69 Å². The number of nitrogens with zero attached hydrogens (tertiary/aromatic N) is 4. The van der Waals surface area contributed by atoms with E-state index in [-0.39, 0.29) is 10.8 Å². The molecule has 31 heavy (non-hydrogen) atoms. The second-order valence-electron chi connectivity index (χ2n) is 8.68. The minimum Gasteiger partial charge on any atom is -0.296 e. The maximum absolute atomic E-state index is 13.4. The summed E-state index contributed by atoms with van der Waals surface area (Å²) in [6, 6.07) is 4.39. The Balaban J connectivity index is 1.52. The summed E-state index contributed by atoms with van der Waals surface area (Å²) < 4.78 is 41.5. The number of carbonyl (C=O) groups is 1. The van der Waals surface area contributed by atoms with Crippen LogP contribution in [0.5, 0.6) is 0 Å². The molecular weight excluding hydrogens is 419 g/mol. The van der Waals surface area contributed by atoms with Crippen LogP contribution in [-0.4, -0.2) is 41.7 Å². The predicted octanol–water partition coefficient (Wildman–Crippen LogP) is 3.14. The first-order valence-corrected chi connectivity index (χ1v) is 12.2. The number of sulfonamides is 1. The summed E-state index contributed by atoms with van der Waals surface area (Å²) in [5, 5.41) is 0. The normalized spacial score (nSPS) is 22.1. The lowest BCUT2D eigenvalue weighted by Crippen LogP contribution is -2.39. The number of carbonyl (C=O) groups excluding carboxylic acids is 1. The van der Waals surface area contributed by atoms with Crippen LogP contribution in [0.15, 0.2) is 29.2 Å². The lowest BCUT2D eigenvalue weighted by Gasteiger charge is -2.34. The highest BCUT2D eigenvalue weighted by atomic mass is 32.2. The lowest BCUT2D eigenvalue weighted by molar-refractivity contribution is -0.117. The molecule has 2 aromatic rings. The second kappa shape index (κ2) is 7.63. The van der Waals surface area contributed by atoms with Crippen molar-refractivity contribution in [1.82, 2.24) is 14.3 Å². The number of aryl methyl sites for hydroxylation is 1. The number of amides is 1. The van der Waals surface area contributed by atoms with Gasteiger partial charge in [-0.05, 0) is 62.8 Å². The third-order valence-electron chi connectivity index (χ3n) is 6.40. The SMILES string of the molecule is Cc1nc([C@@H]2CCCCN2S(=O)(=O)c2ccc(F)cc2)nc2c1CC(=O)N2CC1CC1. The summed E-state index contributed by atoms with van der Waals surface area (Å²) in [5.74, 6) is 1.17. The van der Waals surface area contributed by atoms with Gasteiger partial charge in [0.25, 0.3) is 0 Å². The van der Waals surface area contributed by atoms with Crippen LogP contribution in [-0.2, 0) is 21.2 Å². The third-order valence-corrected chi connectivity index (χ3v) is 8.33. The number of piperidine rings is 1. The average Bonchev–Trinajstić information content (AvgIpc) is 3.52. The number of hydrogen-bond donors (Lipinski definition) is 0. The zero-order chi connectivity index (χ0) is 21.8. The van der Waals surface area contributed by atoms with Gasteiger partial charge in [0.1, 0.15) is 17.5 Å². The van der Waals surface area contributed by atoms with Gasteiger partial charge in [0.05, 0.1) is 17.4 Å². The highest BCUT2D eigenvalue weighted by Gasteiger charge is 2.39. The maximum Gasteiger partial charge on any atom is 0.243 e. The third kappa shape index (κ3) is 3.74. The number of benzene rings is 1. The molecule has 1 atom stereocenters. The first kappa shape index (κ1) is 20.5. The summed E-state index contributed by atoms with van der Waals surface area (Å²) in [5.41, 5.74) is 1.58. The lowest BCUT2D eigenvalue weighted by atomic mass is 10.0. The predicted molar refractivity (Wildman–Crippen MR) is 112 cm³/mol. The number of hydrogen-bond acceptors (Lipinski definition) is 5. The molecule has 0 N–H and O–H groups in total. The van der Waals surface area contributed by atoms with E-state index in [1.807, 2.05) is 6.92 Å². The molecule has 2 fully saturated rings. The van der Waals surface area contributed by atoms with Crippen molar-refractivity contribution in [1.29, 1.82) is 0 Å². The Labute approximate surface area is 181 Å². The van der Waals surface area contributed by atoms with Crippen molar-refractivity contribution in [2.24, 2.45) is 5.92 Å². The fourth-order valence-corrected chi connectivity index (χ4v) is 6.14. The van der Waals surface area contributed by atoms with E-state index in [4.69, 9.17) is 4.98 Å². The van der Waals surface area contributed by atoms with Gasteiger partial charge in [-0.15, -0.1) is 0 Å². The van der Waals surface area contributed by atoms with Crippen molar-refractivity contribution >= 4 is 21.7 Å². The van der Waals surface area contributed by atoms with Gasteiger partial charge in [-0.2, -0.15) is 4.31 Å². The van der Waals surface area contributed by atoms with E-state index in [1.165, 1.54) is 16.4 Å². The maximum atomic E-state index is 13.4. The fraction of sp³-hybridized carbons (Fsp3) is 0.500. The van der Waals surface area contributed by atoms with Crippen molar-refractivity contribution in [3.8, 4) is 0 Å². The zero-order valence-electron chi connectivity index (χ0n) is 17.4. The Morgan fingerprint density at radius 3 is 2.55 bits per heavy atom. The van der Waals surface area contributed by atoms with Crippen LogP contribution in [0.3, 0.4) is 0 Å². The molecule has 0 unspecified atom stereocenters. The Kier molecular flexibility index (Phi) is 5.05. The summed E-state index contributed by atoms with van der Waals surface area (Å²) in [6.07, 6.45) is 4.77. The van der Waals surface area contributed by atoms with Gasteiger partial charge in [-0.25, -0.2) is 22.8 Å². The van der Waals surface area contributed by atoms with E-state index in [9.17, 15) is 17.6 Å². The summed E-state index contributed by atoms with van der Waals surface area (Å²) in [7, 11) is -3.83. The smallest absolute Gasteiger partial charge is 0.243 e. The molecule has 9 heteroatoms. The summed E-state index contributed by atoms with van der Waals surface area (Å²) >= 11 is 0. The van der Waals surface area contributed by atoms with Crippen molar-refractivity contribution in [2.75, 3.05) is 18.0 Å². The Morgan fingerprint density at radius 1 is 1.10 bits per heavy atom. The minimum atomic E-state index is -3.83. The van der Waals surface area contributed by atoms with Crippen LogP contribution < -0.4 is 4.90 Å². The van der Waals surface area contributed by atoms with Gasteiger partial charge in [0.2, 0.25) is 15.9 Å². The van der Waals surface area contributed by atoms with Gasteiger partial charge in [-0.1, -0.05) is 6.42 Å². The first-order chi connectivity index (χ1) is 14.8. The molecular formula is C22H25FN4O3S. The van der Waals surface area contributed by atoms with Crippen molar-refractivity contribution in [3.05, 3.63) is 47.2 Å². The highest BCUT2D eigenvalue weighted by Crippen LogP contribution is 2.39. The van der Waals surface area contributed by atoms with E-state index < -0.39 is 21.9 Å². The van der Waals surface area contributed by atoms with E-state index >= 15 is 0 Å². The summed E-state index contributed by atoms with van der Waals surface area (Å²) in [6.45, 7) is 2.89. The van der Waals surface area contributed by atoms with Gasteiger partial charge >= 0.3 is 0 Å². The highest BCUT2D eigenvalue weighted by molar-refractivity contribution is 7.89. The number of anilines is 1. The standard InChI is InChI=1S/C22H25FN4O3S/c1-14-18-12-20(28)26(13-15-5-6-15)22(18)25-21(24-14)19-4-2-3-11-27(19)31(29,30)17-9-7-16(23)8-10-17/h7-10,15,19H,2-6,11-13H2,1H3/t19-/m0/s1. The molecule has 1 saturated carbocycles. The average molecular weight is 445 g/mol. The van der Waals surface area contributed by atoms with Crippen LogP contribution in [0.1, 0.15) is 55.2 Å². The number of fused-ring (bicyclic) bond motifs is 1. The molecule has 7 nitrogen and oxygen atoms in total. The summed E-state index contributed by atoms with van der Waals surface area (Å²) in [4.78, 5) is 23.8. The van der Waals surface area contributed by atoms with Gasteiger partial charge in [0, 0.05) is 24.3 Å². The van der Waals surface area contributed by atoms with Crippen LogP contribution in [0.25, 0.3) is 0 Å². The fourth-order valence-electron chi connectivity index (χ4n) is 4.49. The molecule has 5 rings (SSSR count). The number of rotatable bonds is 5. The topological polar surface area (TPSA) is 83.5 Å². The molecule has 1 saturated heterocycles. The number of aromatic nitrogens is 2. The van der Waals surface area contributed by atoms with E-state index in [0.717, 1.165) is 49.1 Å². The van der Waals surface area contributed by atoms with Gasteiger partial charge < -0.3 is 0 Å². The first-order valence-electron chi connectivity index (χ1n) is 10.8. The quantitative estimate of drug-likeness (QED) is 0.708. The Bertz CT molecular complexity index is 1130. The van der Waals surface area contributed by atoms with Crippen molar-refractivity contribution in [3.63, 3.8) is 0 Å². The Hall–Kier alpha value is -2.39. The molecule has 1 aromatic heterocycles. The largest absolute Gasteiger partial charge is 0.296 e. The molecule has 3 aliphatic rings. The Morgan fingerprint density at radius 2 is 1.84 bits per heavy atom. The molecule has 1 amide bonds. The monoisotopic (exact) mass is 444 g/mol. The number of halogens is 1. The van der Waals surface area contributed by atoms with Gasteiger partial charge in [0.15, 0.2) is 0 Å². The molecule has 0 spiro atoms. The molecule has 0 radical (unpaired) electrons. The van der Waals surface area contributed by atoms with E-state index in [0.29, 0.717) is 43.5 Å². The van der Waals surface area contributed by atoms with Crippen LogP contribution in [0.2, 0.25) is 0 Å². The molecule has 1 aromatic carbocycles. The second-order valence-corrected chi connectivity index (χ2v) is 10.6. The molecule has 0 bridgehead atoms. The molecule has 1 aliphatic carbocycles. The van der Waals surface area contributed by atoms with Crippen LogP contribution in [0.4, 0.5) is 10.2 Å². The zero-order valence-corrected chi connectivity index (χ0v) is 18.2. The van der Waals surface area contributed by atoms with E-state index in [2.05, 4.69) is 4.98 Å². The van der Waals surface area contributed by atoms with Crippen molar-refractivity contribution < 1.29 is 17.6 Å². The molecule has 2 aliphatic heterocycles. The van der Waals surface area contributed by atoms with E-state index in [1.54, 1.807) is 4.90 Å². The molecule has 3 heterocycles. The van der Waals surface area contributed by atoms with Crippen LogP contribution in [0, 0.1) is 18.7 Å².